The zero-order valence-corrected chi connectivity index (χ0v) is 15.1. The molecule has 4 saturated carbocycles. The lowest BCUT2D eigenvalue weighted by Gasteiger charge is -2.55. The summed E-state index contributed by atoms with van der Waals surface area (Å²) in [6, 6.07) is 7.63. The average Bonchev–Trinajstić information content (AvgIpc) is 2.53. The zero-order valence-electron chi connectivity index (χ0n) is 15.1. The van der Waals surface area contributed by atoms with Crippen LogP contribution in [-0.4, -0.2) is 18.0 Å². The van der Waals surface area contributed by atoms with Gasteiger partial charge < -0.3 is 10.1 Å². The first-order valence-electron chi connectivity index (χ1n) is 9.52. The van der Waals surface area contributed by atoms with Gasteiger partial charge in [0.2, 0.25) is 0 Å². The van der Waals surface area contributed by atoms with Crippen molar-refractivity contribution >= 4 is 17.6 Å². The van der Waals surface area contributed by atoms with Gasteiger partial charge in [0, 0.05) is 5.69 Å². The molecule has 25 heavy (non-hydrogen) atoms. The minimum atomic E-state index is -0.763. The summed E-state index contributed by atoms with van der Waals surface area (Å²) >= 11 is 0. The number of ether oxygens (including phenoxy) is 1. The summed E-state index contributed by atoms with van der Waals surface area (Å²) in [6.45, 7) is 3.65. The first-order valence-corrected chi connectivity index (χ1v) is 9.52. The van der Waals surface area contributed by atoms with Crippen molar-refractivity contribution in [2.75, 3.05) is 5.32 Å². The number of amides is 1. The Morgan fingerprint density at radius 2 is 1.72 bits per heavy atom. The van der Waals surface area contributed by atoms with E-state index >= 15 is 0 Å². The van der Waals surface area contributed by atoms with Crippen molar-refractivity contribution in [3.63, 3.8) is 0 Å². The standard InChI is InChI=1S/C21H27NO3/c1-13-4-3-5-18(6-13)22-19(23)14(2)25-20(24)21-10-15-7-16(11-21)9-17(8-15)12-21/h3-6,14-17H,7-12H2,1-2H3,(H,22,23)/t14-,15?,16?,17?,21?/m1/s1. The molecule has 4 fully saturated rings. The van der Waals surface area contributed by atoms with E-state index in [1.807, 2.05) is 31.2 Å². The molecule has 1 aromatic carbocycles. The van der Waals surface area contributed by atoms with Crippen molar-refractivity contribution in [2.45, 2.75) is 58.5 Å². The fourth-order valence-electron chi connectivity index (χ4n) is 5.67. The number of hydrogen-bond acceptors (Lipinski definition) is 3. The van der Waals surface area contributed by atoms with E-state index in [4.69, 9.17) is 4.74 Å². The van der Waals surface area contributed by atoms with Crippen LogP contribution in [0.25, 0.3) is 0 Å². The SMILES string of the molecule is Cc1cccc(NC(=O)[C@@H](C)OC(=O)C23CC4CC(CC(C4)C2)C3)c1. The molecule has 0 heterocycles. The van der Waals surface area contributed by atoms with Crippen molar-refractivity contribution < 1.29 is 14.3 Å². The first kappa shape index (κ1) is 16.6. The Bertz CT molecular complexity index is 661. The normalized spacial score (nSPS) is 33.8. The van der Waals surface area contributed by atoms with Crippen LogP contribution < -0.4 is 5.32 Å². The van der Waals surface area contributed by atoms with Gasteiger partial charge in [-0.1, -0.05) is 12.1 Å². The van der Waals surface area contributed by atoms with Gasteiger partial charge in [-0.05, 0) is 87.8 Å². The van der Waals surface area contributed by atoms with Crippen LogP contribution in [0.5, 0.6) is 0 Å². The van der Waals surface area contributed by atoms with Gasteiger partial charge in [-0.15, -0.1) is 0 Å². The van der Waals surface area contributed by atoms with Gasteiger partial charge >= 0.3 is 5.97 Å². The van der Waals surface area contributed by atoms with Gasteiger partial charge in [-0.2, -0.15) is 0 Å². The number of hydrogen-bond donors (Lipinski definition) is 1. The molecule has 4 aliphatic carbocycles. The molecular weight excluding hydrogens is 314 g/mol. The van der Waals surface area contributed by atoms with Gasteiger partial charge in [0.25, 0.3) is 5.91 Å². The minimum Gasteiger partial charge on any atom is -0.452 e. The van der Waals surface area contributed by atoms with Crippen molar-refractivity contribution in [1.29, 1.82) is 0 Å². The third-order valence-corrected chi connectivity index (χ3v) is 6.41. The fraction of sp³-hybridized carbons (Fsp3) is 0.619. The summed E-state index contributed by atoms with van der Waals surface area (Å²) in [5, 5.41) is 2.85. The maximum atomic E-state index is 12.9. The van der Waals surface area contributed by atoms with Crippen LogP contribution in [0.1, 0.15) is 51.0 Å². The molecule has 1 atom stereocenters. The number of esters is 1. The molecule has 1 aromatic rings. The van der Waals surface area contributed by atoms with Crippen molar-refractivity contribution in [3.8, 4) is 0 Å². The number of carbonyl (C=O) groups is 2. The molecular formula is C21H27NO3. The predicted octanol–water partition coefficient (Wildman–Crippen LogP) is 4.08. The summed E-state index contributed by atoms with van der Waals surface area (Å²) in [7, 11) is 0. The van der Waals surface area contributed by atoms with Crippen LogP contribution in [0.2, 0.25) is 0 Å². The number of nitrogens with one attached hydrogen (secondary N) is 1. The largest absolute Gasteiger partial charge is 0.452 e. The third-order valence-electron chi connectivity index (χ3n) is 6.41. The number of rotatable bonds is 4. The molecule has 5 rings (SSSR count). The lowest BCUT2D eigenvalue weighted by molar-refractivity contribution is -0.177. The topological polar surface area (TPSA) is 55.4 Å². The van der Waals surface area contributed by atoms with E-state index in [1.165, 1.54) is 19.3 Å². The van der Waals surface area contributed by atoms with E-state index in [-0.39, 0.29) is 17.3 Å². The number of anilines is 1. The Morgan fingerprint density at radius 1 is 1.12 bits per heavy atom. The van der Waals surface area contributed by atoms with Crippen molar-refractivity contribution in [1.82, 2.24) is 0 Å². The van der Waals surface area contributed by atoms with Crippen LogP contribution in [0.3, 0.4) is 0 Å². The molecule has 0 radical (unpaired) electrons. The Balaban J connectivity index is 1.39. The van der Waals surface area contributed by atoms with Crippen LogP contribution in [0.4, 0.5) is 5.69 Å². The number of carbonyl (C=O) groups excluding carboxylic acids is 2. The number of aryl methyl sites for hydroxylation is 1. The van der Waals surface area contributed by atoms with Crippen LogP contribution in [0, 0.1) is 30.1 Å². The van der Waals surface area contributed by atoms with Gasteiger partial charge in [0.1, 0.15) is 0 Å². The highest BCUT2D eigenvalue weighted by Gasteiger charge is 2.55. The molecule has 134 valence electrons. The zero-order chi connectivity index (χ0) is 17.6. The molecule has 0 aromatic heterocycles. The molecule has 4 bridgehead atoms. The Morgan fingerprint density at radius 3 is 2.28 bits per heavy atom. The monoisotopic (exact) mass is 341 g/mol. The molecule has 0 saturated heterocycles. The highest BCUT2D eigenvalue weighted by molar-refractivity contribution is 5.95. The van der Waals surface area contributed by atoms with E-state index < -0.39 is 6.10 Å². The van der Waals surface area contributed by atoms with Gasteiger partial charge in [-0.25, -0.2) is 0 Å². The van der Waals surface area contributed by atoms with Crippen LogP contribution >= 0.6 is 0 Å². The van der Waals surface area contributed by atoms with Gasteiger partial charge in [0.15, 0.2) is 6.10 Å². The van der Waals surface area contributed by atoms with E-state index in [1.54, 1.807) is 6.92 Å². The summed E-state index contributed by atoms with van der Waals surface area (Å²) in [6.07, 6.45) is 5.99. The van der Waals surface area contributed by atoms with Crippen LogP contribution in [-0.2, 0) is 14.3 Å². The first-order chi connectivity index (χ1) is 11.9. The van der Waals surface area contributed by atoms with E-state index in [0.717, 1.165) is 30.5 Å². The molecule has 4 nitrogen and oxygen atoms in total. The van der Waals surface area contributed by atoms with Crippen molar-refractivity contribution in [2.24, 2.45) is 23.2 Å². The molecule has 1 N–H and O–H groups in total. The van der Waals surface area contributed by atoms with Crippen LogP contribution in [0.15, 0.2) is 24.3 Å². The van der Waals surface area contributed by atoms with Crippen molar-refractivity contribution in [3.05, 3.63) is 29.8 Å². The second kappa shape index (κ2) is 6.15. The molecule has 0 unspecified atom stereocenters. The molecule has 4 heteroatoms. The van der Waals surface area contributed by atoms with Gasteiger partial charge in [-0.3, -0.25) is 9.59 Å². The molecule has 0 spiro atoms. The Labute approximate surface area is 149 Å². The second-order valence-electron chi connectivity index (χ2n) is 8.60. The van der Waals surface area contributed by atoms with E-state index in [0.29, 0.717) is 17.8 Å². The maximum Gasteiger partial charge on any atom is 0.312 e. The highest BCUT2D eigenvalue weighted by atomic mass is 16.5. The van der Waals surface area contributed by atoms with Gasteiger partial charge in [0.05, 0.1) is 5.41 Å². The second-order valence-corrected chi connectivity index (χ2v) is 8.60. The predicted molar refractivity (Wildman–Crippen MR) is 96.0 cm³/mol. The Kier molecular flexibility index (Phi) is 4.09. The molecule has 4 aliphatic rings. The third kappa shape index (κ3) is 3.19. The highest BCUT2D eigenvalue weighted by Crippen LogP contribution is 2.60. The minimum absolute atomic E-state index is 0.140. The van der Waals surface area contributed by atoms with E-state index in [9.17, 15) is 9.59 Å². The average molecular weight is 341 g/mol. The smallest absolute Gasteiger partial charge is 0.312 e. The molecule has 0 aliphatic heterocycles. The molecule has 1 amide bonds. The quantitative estimate of drug-likeness (QED) is 0.840. The van der Waals surface area contributed by atoms with E-state index in [2.05, 4.69) is 5.32 Å². The summed E-state index contributed by atoms with van der Waals surface area (Å²) in [5.41, 5.74) is 1.51. The lowest BCUT2D eigenvalue weighted by Crippen LogP contribution is -2.51. The fourth-order valence-corrected chi connectivity index (χ4v) is 5.67. The summed E-state index contributed by atoms with van der Waals surface area (Å²) in [4.78, 5) is 25.3. The lowest BCUT2D eigenvalue weighted by atomic mass is 9.49. The summed E-state index contributed by atoms with van der Waals surface area (Å²) < 4.78 is 5.65. The maximum absolute atomic E-state index is 12.9. The number of benzene rings is 1. The Hall–Kier alpha value is -1.84. The summed E-state index contributed by atoms with van der Waals surface area (Å²) in [5.74, 6) is 1.67.